The highest BCUT2D eigenvalue weighted by Gasteiger charge is 2.35. The molecule has 158 valence electrons. The second-order valence-corrected chi connectivity index (χ2v) is 7.73. The van der Waals surface area contributed by atoms with Crippen molar-refractivity contribution in [3.05, 3.63) is 54.4 Å². The fourth-order valence-corrected chi connectivity index (χ4v) is 3.43. The third kappa shape index (κ3) is 4.83. The highest BCUT2D eigenvalue weighted by atomic mass is 32.2. The lowest BCUT2D eigenvalue weighted by molar-refractivity contribution is -0.144. The Hall–Kier alpha value is -3.25. The average molecular weight is 440 g/mol. The molecule has 0 aliphatic carbocycles. The number of anilines is 2. The molecule has 3 aromatic rings. The van der Waals surface area contributed by atoms with Crippen LogP contribution in [0.15, 0.2) is 53.4 Å². The van der Waals surface area contributed by atoms with Gasteiger partial charge < -0.3 is 10.1 Å². The number of esters is 1. The van der Waals surface area contributed by atoms with E-state index in [4.69, 9.17) is 0 Å². The lowest BCUT2D eigenvalue weighted by atomic mass is 10.2. The summed E-state index contributed by atoms with van der Waals surface area (Å²) < 4.78 is 70.1. The molecule has 0 fully saturated rings. The fourth-order valence-electron chi connectivity index (χ4n) is 2.46. The molecular formula is C18H15F3N4O4S. The minimum atomic E-state index is -4.73. The molecule has 8 nitrogen and oxygen atoms in total. The van der Waals surface area contributed by atoms with Crippen LogP contribution in [-0.4, -0.2) is 38.0 Å². The van der Waals surface area contributed by atoms with Gasteiger partial charge in [-0.15, -0.1) is 0 Å². The minimum absolute atomic E-state index is 0.0765. The number of halogens is 3. The van der Waals surface area contributed by atoms with Gasteiger partial charge in [0.05, 0.1) is 17.5 Å². The number of methoxy groups -OCH3 is 1. The Morgan fingerprint density at radius 3 is 2.37 bits per heavy atom. The molecule has 0 saturated heterocycles. The van der Waals surface area contributed by atoms with Crippen molar-refractivity contribution >= 4 is 38.4 Å². The van der Waals surface area contributed by atoms with Crippen LogP contribution >= 0.6 is 0 Å². The molecular weight excluding hydrogens is 425 g/mol. The number of hydrogen-bond donors (Lipinski definition) is 2. The van der Waals surface area contributed by atoms with Gasteiger partial charge in [0.2, 0.25) is 15.8 Å². The van der Waals surface area contributed by atoms with Gasteiger partial charge in [0.25, 0.3) is 0 Å². The van der Waals surface area contributed by atoms with Crippen LogP contribution < -0.4 is 10.0 Å². The van der Waals surface area contributed by atoms with Gasteiger partial charge in [-0.25, -0.2) is 18.4 Å². The maximum Gasteiger partial charge on any atom is 0.451 e. The maximum atomic E-state index is 13.1. The molecule has 0 bridgehead atoms. The van der Waals surface area contributed by atoms with Crippen LogP contribution in [0.25, 0.3) is 10.9 Å². The van der Waals surface area contributed by atoms with Gasteiger partial charge in [-0.1, -0.05) is 12.1 Å². The maximum absolute atomic E-state index is 13.1. The third-order valence-electron chi connectivity index (χ3n) is 3.92. The van der Waals surface area contributed by atoms with E-state index >= 15 is 0 Å². The van der Waals surface area contributed by atoms with Crippen molar-refractivity contribution in [1.29, 1.82) is 0 Å². The topological polar surface area (TPSA) is 110 Å². The van der Waals surface area contributed by atoms with Crippen molar-refractivity contribution in [3.8, 4) is 0 Å². The van der Waals surface area contributed by atoms with Crippen LogP contribution in [0.2, 0.25) is 0 Å². The standard InChI is InChI=1S/C18H15F3N4O4S/c1-29-15(26)10-22-30(27,28)12-8-6-11(7-9-12)23-16-13-4-2-3-5-14(13)24-17(25-16)18(19,20)21/h2-9,22H,10H2,1H3,(H,23,24,25). The molecule has 0 atom stereocenters. The predicted molar refractivity (Wildman–Crippen MR) is 101 cm³/mol. The van der Waals surface area contributed by atoms with E-state index in [9.17, 15) is 26.4 Å². The van der Waals surface area contributed by atoms with Gasteiger partial charge in [-0.05, 0) is 36.4 Å². The van der Waals surface area contributed by atoms with Crippen LogP contribution in [-0.2, 0) is 25.7 Å². The highest BCUT2D eigenvalue weighted by Crippen LogP contribution is 2.31. The zero-order valence-corrected chi connectivity index (χ0v) is 16.2. The van der Waals surface area contributed by atoms with Crippen molar-refractivity contribution in [1.82, 2.24) is 14.7 Å². The van der Waals surface area contributed by atoms with E-state index in [0.29, 0.717) is 11.1 Å². The number of para-hydroxylation sites is 1. The van der Waals surface area contributed by atoms with Crippen molar-refractivity contribution in [3.63, 3.8) is 0 Å². The van der Waals surface area contributed by atoms with E-state index in [1.807, 2.05) is 0 Å². The number of hydrogen-bond acceptors (Lipinski definition) is 7. The molecule has 0 saturated carbocycles. The average Bonchev–Trinajstić information content (AvgIpc) is 2.71. The van der Waals surface area contributed by atoms with E-state index in [1.165, 1.54) is 30.3 Å². The predicted octanol–water partition coefficient (Wildman–Crippen LogP) is 2.84. The summed E-state index contributed by atoms with van der Waals surface area (Å²) in [7, 11) is -2.85. The van der Waals surface area contributed by atoms with Crippen molar-refractivity contribution in [2.75, 3.05) is 19.0 Å². The van der Waals surface area contributed by atoms with Crippen molar-refractivity contribution in [2.24, 2.45) is 0 Å². The van der Waals surface area contributed by atoms with Crippen molar-refractivity contribution in [2.45, 2.75) is 11.1 Å². The number of ether oxygens (including phenoxy) is 1. The summed E-state index contributed by atoms with van der Waals surface area (Å²) in [5, 5.41) is 3.12. The van der Waals surface area contributed by atoms with E-state index < -0.39 is 34.5 Å². The van der Waals surface area contributed by atoms with Crippen LogP contribution in [0.5, 0.6) is 0 Å². The lowest BCUT2D eigenvalue weighted by Crippen LogP contribution is -2.30. The molecule has 3 rings (SSSR count). The van der Waals surface area contributed by atoms with Crippen molar-refractivity contribution < 1.29 is 31.1 Å². The number of fused-ring (bicyclic) bond motifs is 1. The van der Waals surface area contributed by atoms with Gasteiger partial charge >= 0.3 is 12.1 Å². The smallest absolute Gasteiger partial charge is 0.451 e. The number of alkyl halides is 3. The number of carbonyl (C=O) groups excluding carboxylic acids is 1. The van der Waals surface area contributed by atoms with Gasteiger partial charge in [-0.3, -0.25) is 4.79 Å². The Labute approximate surface area is 169 Å². The number of nitrogens with zero attached hydrogens (tertiary/aromatic N) is 2. The third-order valence-corrected chi connectivity index (χ3v) is 5.34. The quantitative estimate of drug-likeness (QED) is 0.567. The monoisotopic (exact) mass is 440 g/mol. The largest absolute Gasteiger partial charge is 0.468 e. The minimum Gasteiger partial charge on any atom is -0.468 e. The molecule has 0 radical (unpaired) electrons. The van der Waals surface area contributed by atoms with Crippen LogP contribution in [0.1, 0.15) is 5.82 Å². The number of benzene rings is 2. The molecule has 1 heterocycles. The summed E-state index contributed by atoms with van der Waals surface area (Å²) in [5.74, 6) is -2.13. The molecule has 0 aliphatic heterocycles. The summed E-state index contributed by atoms with van der Waals surface area (Å²) in [4.78, 5) is 18.1. The lowest BCUT2D eigenvalue weighted by Gasteiger charge is -2.13. The van der Waals surface area contributed by atoms with E-state index in [1.54, 1.807) is 18.2 Å². The Balaban J connectivity index is 1.89. The molecule has 0 amide bonds. The second-order valence-electron chi connectivity index (χ2n) is 5.96. The zero-order chi connectivity index (χ0) is 21.9. The number of sulfonamides is 1. The molecule has 0 unspecified atom stereocenters. The first kappa shape index (κ1) is 21.5. The van der Waals surface area contributed by atoms with Crippen LogP contribution in [0, 0.1) is 0 Å². The van der Waals surface area contributed by atoms with E-state index in [-0.39, 0.29) is 16.2 Å². The number of carbonyl (C=O) groups is 1. The van der Waals surface area contributed by atoms with Gasteiger partial charge in [0, 0.05) is 11.1 Å². The molecule has 12 heteroatoms. The summed E-state index contributed by atoms with van der Waals surface area (Å²) in [6.45, 7) is -0.536. The second kappa shape index (κ2) is 8.24. The normalized spacial score (nSPS) is 12.0. The number of nitrogens with one attached hydrogen (secondary N) is 2. The molecule has 0 aliphatic rings. The first-order valence-corrected chi connectivity index (χ1v) is 9.86. The Morgan fingerprint density at radius 2 is 1.73 bits per heavy atom. The number of aromatic nitrogens is 2. The Bertz CT molecular complexity index is 1180. The Kier molecular flexibility index (Phi) is 5.89. The molecule has 2 N–H and O–H groups in total. The number of rotatable bonds is 6. The van der Waals surface area contributed by atoms with Gasteiger partial charge in [-0.2, -0.15) is 17.9 Å². The highest BCUT2D eigenvalue weighted by molar-refractivity contribution is 7.89. The SMILES string of the molecule is COC(=O)CNS(=O)(=O)c1ccc(Nc2nc(C(F)(F)F)nc3ccccc23)cc1. The van der Waals surface area contributed by atoms with Crippen LogP contribution in [0.4, 0.5) is 24.7 Å². The fraction of sp³-hybridized carbons (Fsp3) is 0.167. The summed E-state index contributed by atoms with van der Waals surface area (Å²) in [6.07, 6.45) is -4.73. The molecule has 2 aromatic carbocycles. The first-order valence-electron chi connectivity index (χ1n) is 8.38. The molecule has 0 spiro atoms. The Morgan fingerprint density at radius 1 is 1.07 bits per heavy atom. The summed E-state index contributed by atoms with van der Waals surface area (Å²) >= 11 is 0. The van der Waals surface area contributed by atoms with Gasteiger partial charge in [0.15, 0.2) is 0 Å². The van der Waals surface area contributed by atoms with Gasteiger partial charge in [0.1, 0.15) is 12.4 Å². The summed E-state index contributed by atoms with van der Waals surface area (Å²) in [6, 6.07) is 11.4. The molecule has 30 heavy (non-hydrogen) atoms. The first-order chi connectivity index (χ1) is 14.1. The van der Waals surface area contributed by atoms with Crippen LogP contribution in [0.3, 0.4) is 0 Å². The molecule has 1 aromatic heterocycles. The van der Waals surface area contributed by atoms with E-state index in [2.05, 4.69) is 24.7 Å². The zero-order valence-electron chi connectivity index (χ0n) is 15.4. The summed E-state index contributed by atoms with van der Waals surface area (Å²) in [5.41, 5.74) is 0.410. The van der Waals surface area contributed by atoms with E-state index in [0.717, 1.165) is 7.11 Å².